The summed E-state index contributed by atoms with van der Waals surface area (Å²) in [5.41, 5.74) is 2.25. The van der Waals surface area contributed by atoms with Crippen molar-refractivity contribution in [1.82, 2.24) is 15.5 Å². The van der Waals surface area contributed by atoms with Crippen molar-refractivity contribution in [3.8, 4) is 10.6 Å². The summed E-state index contributed by atoms with van der Waals surface area (Å²) >= 11 is 19.5. The number of alkyl halides is 3. The monoisotopic (exact) mass is 440 g/mol. The molecule has 0 spiro atoms. The molecule has 1 atom stereocenters. The van der Waals surface area contributed by atoms with Crippen molar-refractivity contribution in [2.45, 2.75) is 16.9 Å². The highest BCUT2D eigenvalue weighted by molar-refractivity contribution is 7.18. The van der Waals surface area contributed by atoms with Gasteiger partial charge in [-0.3, -0.25) is 4.79 Å². The minimum Gasteiger partial charge on any atom is -0.336 e. The van der Waals surface area contributed by atoms with E-state index in [1.165, 1.54) is 11.3 Å². The number of rotatable bonds is 5. The molecule has 2 aromatic carbocycles. The van der Waals surface area contributed by atoms with E-state index in [1.807, 2.05) is 49.4 Å². The van der Waals surface area contributed by atoms with Gasteiger partial charge in [-0.15, -0.1) is 10.2 Å². The summed E-state index contributed by atoms with van der Waals surface area (Å²) in [4.78, 5) is 12.6. The lowest BCUT2D eigenvalue weighted by Crippen LogP contribution is -2.49. The summed E-state index contributed by atoms with van der Waals surface area (Å²) in [5, 5.41) is 15.0. The Morgan fingerprint density at radius 3 is 2.37 bits per heavy atom. The highest BCUT2D eigenvalue weighted by Crippen LogP contribution is 2.33. The maximum Gasteiger partial charge on any atom is 0.253 e. The van der Waals surface area contributed by atoms with Crippen LogP contribution in [0.1, 0.15) is 15.9 Å². The number of amides is 1. The smallest absolute Gasteiger partial charge is 0.253 e. The van der Waals surface area contributed by atoms with Crippen LogP contribution < -0.4 is 10.6 Å². The van der Waals surface area contributed by atoms with E-state index in [0.29, 0.717) is 15.7 Å². The van der Waals surface area contributed by atoms with Gasteiger partial charge in [0.05, 0.1) is 0 Å². The molecule has 0 aliphatic heterocycles. The van der Waals surface area contributed by atoms with E-state index in [0.717, 1.165) is 11.1 Å². The fourth-order valence-corrected chi connectivity index (χ4v) is 3.44. The van der Waals surface area contributed by atoms with Gasteiger partial charge in [-0.2, -0.15) is 0 Å². The molecule has 0 saturated heterocycles. The van der Waals surface area contributed by atoms with Crippen molar-refractivity contribution >= 4 is 57.2 Å². The SMILES string of the molecule is Cc1ccccc1C(=O)NC(Nc1nnc(-c2ccccc2)s1)C(Cl)(Cl)Cl. The largest absolute Gasteiger partial charge is 0.336 e. The number of carbonyl (C=O) groups excluding carboxylic acids is 1. The molecule has 2 N–H and O–H groups in total. The Kier molecular flexibility index (Phi) is 6.22. The Morgan fingerprint density at radius 2 is 1.70 bits per heavy atom. The third kappa shape index (κ3) is 5.11. The van der Waals surface area contributed by atoms with Crippen molar-refractivity contribution in [3.05, 3.63) is 65.7 Å². The fraction of sp³-hybridized carbons (Fsp3) is 0.167. The van der Waals surface area contributed by atoms with Crippen LogP contribution in [0.25, 0.3) is 10.6 Å². The summed E-state index contributed by atoms with van der Waals surface area (Å²) < 4.78 is -1.79. The van der Waals surface area contributed by atoms with Gasteiger partial charge >= 0.3 is 0 Å². The van der Waals surface area contributed by atoms with Crippen molar-refractivity contribution in [2.75, 3.05) is 5.32 Å². The van der Waals surface area contributed by atoms with Crippen LogP contribution in [0.4, 0.5) is 5.13 Å². The zero-order valence-corrected chi connectivity index (χ0v) is 17.2. The molecule has 27 heavy (non-hydrogen) atoms. The van der Waals surface area contributed by atoms with Crippen LogP contribution in [0.5, 0.6) is 0 Å². The topological polar surface area (TPSA) is 66.9 Å². The second-order valence-electron chi connectivity index (χ2n) is 5.69. The van der Waals surface area contributed by atoms with Gasteiger partial charge in [0.15, 0.2) is 0 Å². The van der Waals surface area contributed by atoms with Gasteiger partial charge in [0.1, 0.15) is 11.2 Å². The number of nitrogens with one attached hydrogen (secondary N) is 2. The highest BCUT2D eigenvalue weighted by atomic mass is 35.6. The van der Waals surface area contributed by atoms with Crippen molar-refractivity contribution in [2.24, 2.45) is 0 Å². The van der Waals surface area contributed by atoms with Gasteiger partial charge in [0.25, 0.3) is 5.91 Å². The quantitative estimate of drug-likeness (QED) is 0.429. The first-order valence-corrected chi connectivity index (χ1v) is 9.88. The molecule has 1 unspecified atom stereocenters. The van der Waals surface area contributed by atoms with E-state index in [9.17, 15) is 4.79 Å². The number of hydrogen-bond donors (Lipinski definition) is 2. The number of aryl methyl sites for hydroxylation is 1. The molecular weight excluding hydrogens is 427 g/mol. The second-order valence-corrected chi connectivity index (χ2v) is 9.03. The Morgan fingerprint density at radius 1 is 1.04 bits per heavy atom. The molecule has 1 amide bonds. The predicted octanol–water partition coefficient (Wildman–Crippen LogP) is 5.05. The highest BCUT2D eigenvalue weighted by Gasteiger charge is 2.35. The van der Waals surface area contributed by atoms with Crippen LogP contribution in [-0.2, 0) is 0 Å². The lowest BCUT2D eigenvalue weighted by atomic mass is 10.1. The van der Waals surface area contributed by atoms with E-state index >= 15 is 0 Å². The van der Waals surface area contributed by atoms with Crippen molar-refractivity contribution in [3.63, 3.8) is 0 Å². The number of anilines is 1. The molecule has 0 saturated carbocycles. The van der Waals surface area contributed by atoms with Crippen LogP contribution in [0, 0.1) is 6.92 Å². The third-order valence-electron chi connectivity index (χ3n) is 3.71. The molecule has 3 rings (SSSR count). The Bertz CT molecular complexity index is 928. The summed E-state index contributed by atoms with van der Waals surface area (Å²) in [5.74, 6) is -0.357. The van der Waals surface area contributed by atoms with Gasteiger partial charge in [-0.25, -0.2) is 0 Å². The van der Waals surface area contributed by atoms with E-state index in [1.54, 1.807) is 12.1 Å². The van der Waals surface area contributed by atoms with Gasteiger partial charge in [0.2, 0.25) is 8.92 Å². The average Bonchev–Trinajstić information content (AvgIpc) is 3.10. The first-order chi connectivity index (χ1) is 12.8. The third-order valence-corrected chi connectivity index (χ3v) is 5.26. The summed E-state index contributed by atoms with van der Waals surface area (Å²) in [6, 6.07) is 16.8. The Hall–Kier alpha value is -1.86. The van der Waals surface area contributed by atoms with Crippen LogP contribution >= 0.6 is 46.1 Å². The zero-order valence-electron chi connectivity index (χ0n) is 14.1. The molecule has 1 aromatic heterocycles. The molecule has 1 heterocycles. The van der Waals surface area contributed by atoms with E-state index in [4.69, 9.17) is 34.8 Å². The van der Waals surface area contributed by atoms with E-state index in [2.05, 4.69) is 20.8 Å². The number of nitrogens with zero attached hydrogens (tertiary/aromatic N) is 2. The van der Waals surface area contributed by atoms with Gasteiger partial charge in [0, 0.05) is 11.1 Å². The lowest BCUT2D eigenvalue weighted by molar-refractivity contribution is 0.0941. The first-order valence-electron chi connectivity index (χ1n) is 7.93. The molecule has 9 heteroatoms. The van der Waals surface area contributed by atoms with E-state index < -0.39 is 9.96 Å². The van der Waals surface area contributed by atoms with E-state index in [-0.39, 0.29) is 5.91 Å². The van der Waals surface area contributed by atoms with Crippen molar-refractivity contribution in [1.29, 1.82) is 0 Å². The predicted molar refractivity (Wildman–Crippen MR) is 112 cm³/mol. The molecule has 3 aromatic rings. The maximum absolute atomic E-state index is 12.6. The van der Waals surface area contributed by atoms with Gasteiger partial charge < -0.3 is 10.6 Å². The number of carbonyl (C=O) groups is 1. The standard InChI is InChI=1S/C18H15Cl3N4OS/c1-11-7-5-6-10-13(11)14(26)22-16(18(19,20)21)23-17-25-24-15(27-17)12-8-3-2-4-9-12/h2-10,16H,1H3,(H,22,26)(H,23,25). The summed E-state index contributed by atoms with van der Waals surface area (Å²) in [6.45, 7) is 1.84. The van der Waals surface area contributed by atoms with Crippen LogP contribution in [0.2, 0.25) is 0 Å². The Balaban J connectivity index is 1.78. The number of aromatic nitrogens is 2. The number of benzene rings is 2. The number of hydrogen-bond acceptors (Lipinski definition) is 5. The molecule has 0 fully saturated rings. The molecule has 5 nitrogen and oxygen atoms in total. The minimum atomic E-state index is -1.79. The normalized spacial score (nSPS) is 12.4. The summed E-state index contributed by atoms with van der Waals surface area (Å²) in [6.07, 6.45) is -0.994. The molecule has 0 radical (unpaired) electrons. The van der Waals surface area contributed by atoms with Crippen molar-refractivity contribution < 1.29 is 4.79 Å². The maximum atomic E-state index is 12.6. The zero-order chi connectivity index (χ0) is 19.4. The van der Waals surface area contributed by atoms with Gasteiger partial charge in [-0.05, 0) is 18.6 Å². The summed E-state index contributed by atoms with van der Waals surface area (Å²) in [7, 11) is 0. The first kappa shape index (κ1) is 19.9. The average molecular weight is 442 g/mol. The molecule has 0 aliphatic carbocycles. The van der Waals surface area contributed by atoms with Crippen LogP contribution in [-0.4, -0.2) is 26.1 Å². The Labute approximate surface area is 175 Å². The van der Waals surface area contributed by atoms with Gasteiger partial charge in [-0.1, -0.05) is 94.7 Å². The molecular formula is C18H15Cl3N4OS. The molecule has 0 bridgehead atoms. The van der Waals surface area contributed by atoms with Crippen LogP contribution in [0.3, 0.4) is 0 Å². The fourth-order valence-electron chi connectivity index (χ4n) is 2.34. The molecule has 0 aliphatic rings. The second kappa shape index (κ2) is 8.44. The minimum absolute atomic E-state index is 0.357. The van der Waals surface area contributed by atoms with Crippen LogP contribution in [0.15, 0.2) is 54.6 Å². The lowest BCUT2D eigenvalue weighted by Gasteiger charge is -2.26. The molecule has 140 valence electrons. The number of halogens is 3.